The number of hydrogen-bond acceptors (Lipinski definition) is 5. The number of ether oxygens (including phenoxy) is 2. The Morgan fingerprint density at radius 1 is 1.38 bits per heavy atom. The van der Waals surface area contributed by atoms with E-state index in [2.05, 4.69) is 15.4 Å². The van der Waals surface area contributed by atoms with Gasteiger partial charge in [0.15, 0.2) is 17.3 Å². The van der Waals surface area contributed by atoms with Gasteiger partial charge in [-0.05, 0) is 13.0 Å². The van der Waals surface area contributed by atoms with Crippen molar-refractivity contribution >= 4 is 29.2 Å². The quantitative estimate of drug-likeness (QED) is 0.870. The number of nitrogens with zero attached hydrogens (tertiary/aromatic N) is 2. The maximum absolute atomic E-state index is 14.5. The molecule has 1 heterocycles. The first-order valence-electron chi connectivity index (χ1n) is 5.81. The highest BCUT2D eigenvalue weighted by atomic mass is 35.5. The van der Waals surface area contributed by atoms with Crippen molar-refractivity contribution in [2.45, 2.75) is 6.92 Å². The molecule has 0 bridgehead atoms. The first-order valence-corrected chi connectivity index (χ1v) is 6.56. The number of halogens is 3. The van der Waals surface area contributed by atoms with Crippen LogP contribution in [0.4, 0.5) is 4.39 Å². The Balaban J connectivity index is 2.63. The minimum Gasteiger partial charge on any atom is -0.492 e. The van der Waals surface area contributed by atoms with E-state index in [4.69, 9.17) is 32.7 Å². The molecule has 0 radical (unpaired) electrons. The molecule has 1 aromatic carbocycles. The van der Waals surface area contributed by atoms with E-state index >= 15 is 0 Å². The summed E-state index contributed by atoms with van der Waals surface area (Å²) in [7, 11) is 1.26. The lowest BCUT2D eigenvalue weighted by molar-refractivity contribution is 0.0520. The summed E-state index contributed by atoms with van der Waals surface area (Å²) in [5.41, 5.74) is -0.400. The zero-order valence-corrected chi connectivity index (χ0v) is 12.5. The minimum absolute atomic E-state index is 0.00456. The molecular weight excluding hydrogens is 324 g/mol. The van der Waals surface area contributed by atoms with Crippen molar-refractivity contribution in [1.82, 2.24) is 15.4 Å². The molecule has 1 aromatic heterocycles. The lowest BCUT2D eigenvalue weighted by Crippen LogP contribution is -2.07. The van der Waals surface area contributed by atoms with Crippen molar-refractivity contribution in [2.75, 3.05) is 13.7 Å². The molecule has 6 nitrogen and oxygen atoms in total. The lowest BCUT2D eigenvalue weighted by Gasteiger charge is -2.10. The fraction of sp³-hybridized carbons (Fsp3) is 0.250. The van der Waals surface area contributed by atoms with Gasteiger partial charge >= 0.3 is 5.97 Å². The number of rotatable bonds is 4. The van der Waals surface area contributed by atoms with Crippen LogP contribution in [0, 0.1) is 5.82 Å². The first-order chi connectivity index (χ1) is 10.0. The second-order valence-electron chi connectivity index (χ2n) is 3.80. The van der Waals surface area contributed by atoms with Crippen LogP contribution in [0.25, 0.3) is 11.3 Å². The van der Waals surface area contributed by atoms with Gasteiger partial charge in [-0.3, -0.25) is 0 Å². The maximum Gasteiger partial charge on any atom is 0.361 e. The first kappa shape index (κ1) is 15.5. The Labute approximate surface area is 129 Å². The van der Waals surface area contributed by atoms with Crippen LogP contribution in [0.5, 0.6) is 5.75 Å². The summed E-state index contributed by atoms with van der Waals surface area (Å²) in [5.74, 6) is -1.78. The van der Waals surface area contributed by atoms with Gasteiger partial charge in [-0.1, -0.05) is 23.2 Å². The number of aromatic nitrogens is 3. The third kappa shape index (κ3) is 2.79. The summed E-state index contributed by atoms with van der Waals surface area (Å²) >= 11 is 11.8. The van der Waals surface area contributed by atoms with Crippen molar-refractivity contribution in [2.24, 2.45) is 0 Å². The second kappa shape index (κ2) is 6.28. The fourth-order valence-electron chi connectivity index (χ4n) is 1.72. The summed E-state index contributed by atoms with van der Waals surface area (Å²) in [6, 6.07) is 1.30. The number of nitrogens with one attached hydrogen (secondary N) is 1. The highest BCUT2D eigenvalue weighted by molar-refractivity contribution is 6.37. The van der Waals surface area contributed by atoms with Crippen LogP contribution in [-0.4, -0.2) is 35.1 Å². The molecule has 0 aliphatic heterocycles. The molecule has 0 saturated heterocycles. The standard InChI is InChI=1S/C12H10Cl2FN3O3/c1-3-21-12(19)10-9(16-18-17-10)7-5(13)4-6(14)11(20-2)8(7)15/h4H,3H2,1-2H3,(H,16,17,18). The van der Waals surface area contributed by atoms with Gasteiger partial charge in [-0.15, -0.1) is 5.10 Å². The van der Waals surface area contributed by atoms with E-state index in [1.807, 2.05) is 0 Å². The van der Waals surface area contributed by atoms with Crippen molar-refractivity contribution < 1.29 is 18.7 Å². The van der Waals surface area contributed by atoms with E-state index in [1.54, 1.807) is 6.92 Å². The number of benzene rings is 1. The normalized spacial score (nSPS) is 10.5. The summed E-state index contributed by atoms with van der Waals surface area (Å²) in [5, 5.41) is 9.64. The number of carbonyl (C=O) groups is 1. The van der Waals surface area contributed by atoms with Crippen LogP contribution >= 0.6 is 23.2 Å². The predicted molar refractivity (Wildman–Crippen MR) is 74.3 cm³/mol. The van der Waals surface area contributed by atoms with Crippen molar-refractivity contribution in [3.63, 3.8) is 0 Å². The number of methoxy groups -OCH3 is 1. The Morgan fingerprint density at radius 2 is 2.10 bits per heavy atom. The average molecular weight is 334 g/mol. The topological polar surface area (TPSA) is 77.1 Å². The third-order valence-corrected chi connectivity index (χ3v) is 3.16. The number of H-pyrrole nitrogens is 1. The van der Waals surface area contributed by atoms with E-state index in [0.29, 0.717) is 0 Å². The average Bonchev–Trinajstić information content (AvgIpc) is 2.88. The van der Waals surface area contributed by atoms with E-state index in [0.717, 1.165) is 0 Å². The van der Waals surface area contributed by atoms with Crippen molar-refractivity contribution in [3.8, 4) is 17.0 Å². The van der Waals surface area contributed by atoms with Gasteiger partial charge in [0.05, 0.1) is 29.3 Å². The number of esters is 1. The van der Waals surface area contributed by atoms with Crippen LogP contribution in [-0.2, 0) is 4.74 Å². The van der Waals surface area contributed by atoms with E-state index in [1.165, 1.54) is 13.2 Å². The van der Waals surface area contributed by atoms with Crippen LogP contribution in [0.2, 0.25) is 10.0 Å². The largest absolute Gasteiger partial charge is 0.492 e. The Hall–Kier alpha value is -1.86. The minimum atomic E-state index is -0.838. The van der Waals surface area contributed by atoms with Gasteiger partial charge in [0.25, 0.3) is 0 Å². The van der Waals surface area contributed by atoms with E-state index < -0.39 is 11.8 Å². The molecule has 0 amide bonds. The zero-order valence-electron chi connectivity index (χ0n) is 11.0. The molecule has 0 atom stereocenters. The SMILES string of the molecule is CCOC(=O)c1n[nH]nc1-c1c(Cl)cc(Cl)c(OC)c1F. The number of aromatic amines is 1. The summed E-state index contributed by atoms with van der Waals surface area (Å²) in [4.78, 5) is 11.8. The third-order valence-electron chi connectivity index (χ3n) is 2.59. The van der Waals surface area contributed by atoms with Crippen molar-refractivity contribution in [3.05, 3.63) is 27.6 Å². The van der Waals surface area contributed by atoms with Crippen LogP contribution < -0.4 is 4.74 Å². The van der Waals surface area contributed by atoms with E-state index in [-0.39, 0.29) is 39.4 Å². The van der Waals surface area contributed by atoms with Crippen LogP contribution in [0.3, 0.4) is 0 Å². The lowest BCUT2D eigenvalue weighted by atomic mass is 10.1. The molecular formula is C12H10Cl2FN3O3. The maximum atomic E-state index is 14.5. The molecule has 21 heavy (non-hydrogen) atoms. The smallest absolute Gasteiger partial charge is 0.361 e. The molecule has 0 aliphatic rings. The molecule has 9 heteroatoms. The highest BCUT2D eigenvalue weighted by Gasteiger charge is 2.26. The number of hydrogen-bond donors (Lipinski definition) is 1. The Kier molecular flexibility index (Phi) is 4.64. The van der Waals surface area contributed by atoms with Gasteiger partial charge in [0.2, 0.25) is 0 Å². The molecule has 0 spiro atoms. The second-order valence-corrected chi connectivity index (χ2v) is 4.62. The monoisotopic (exact) mass is 333 g/mol. The highest BCUT2D eigenvalue weighted by Crippen LogP contribution is 2.40. The molecule has 0 saturated carbocycles. The van der Waals surface area contributed by atoms with Crippen molar-refractivity contribution in [1.29, 1.82) is 0 Å². The summed E-state index contributed by atoms with van der Waals surface area (Å²) in [6.45, 7) is 1.78. The molecule has 2 aromatic rings. The summed E-state index contributed by atoms with van der Waals surface area (Å²) in [6.07, 6.45) is 0. The molecule has 0 aliphatic carbocycles. The van der Waals surface area contributed by atoms with Gasteiger partial charge < -0.3 is 9.47 Å². The molecule has 1 N–H and O–H groups in total. The molecule has 112 valence electrons. The van der Waals surface area contributed by atoms with Crippen LogP contribution in [0.1, 0.15) is 17.4 Å². The molecule has 0 fully saturated rings. The van der Waals surface area contributed by atoms with Gasteiger partial charge in [-0.2, -0.15) is 10.3 Å². The Bertz CT molecular complexity index is 691. The van der Waals surface area contributed by atoms with Gasteiger partial charge in [0.1, 0.15) is 5.69 Å². The number of carbonyl (C=O) groups excluding carboxylic acids is 1. The zero-order chi connectivity index (χ0) is 15.6. The summed E-state index contributed by atoms with van der Waals surface area (Å²) < 4.78 is 24.2. The van der Waals surface area contributed by atoms with Gasteiger partial charge in [-0.25, -0.2) is 9.18 Å². The van der Waals surface area contributed by atoms with E-state index in [9.17, 15) is 9.18 Å². The fourth-order valence-corrected chi connectivity index (χ4v) is 2.33. The van der Waals surface area contributed by atoms with Crippen LogP contribution in [0.15, 0.2) is 6.07 Å². The van der Waals surface area contributed by atoms with Gasteiger partial charge in [0, 0.05) is 0 Å². The molecule has 2 rings (SSSR count). The molecule has 0 unspecified atom stereocenters. The predicted octanol–water partition coefficient (Wildman–Crippen LogP) is 3.10. The Morgan fingerprint density at radius 3 is 2.71 bits per heavy atom.